The van der Waals surface area contributed by atoms with E-state index in [2.05, 4.69) is 15.9 Å². The van der Waals surface area contributed by atoms with Gasteiger partial charge in [0.15, 0.2) is 0 Å². The van der Waals surface area contributed by atoms with Crippen molar-refractivity contribution in [3.63, 3.8) is 0 Å². The van der Waals surface area contributed by atoms with Crippen molar-refractivity contribution in [3.05, 3.63) is 34.1 Å². The van der Waals surface area contributed by atoms with Crippen molar-refractivity contribution >= 4 is 21.7 Å². The van der Waals surface area contributed by atoms with Crippen LogP contribution in [0, 0.1) is 11.7 Å². The largest absolute Gasteiger partial charge is 0.300 e. The summed E-state index contributed by atoms with van der Waals surface area (Å²) in [6, 6.07) is 4.99. The van der Waals surface area contributed by atoms with Crippen molar-refractivity contribution in [3.8, 4) is 0 Å². The normalized spacial score (nSPS) is 12.5. The molecular weight excluding hydrogens is 259 g/mol. The van der Waals surface area contributed by atoms with Gasteiger partial charge in [0, 0.05) is 6.42 Å². The molecule has 0 saturated carbocycles. The Kier molecular flexibility index (Phi) is 4.45. The van der Waals surface area contributed by atoms with Crippen LogP contribution < -0.4 is 0 Å². The number of hydrogen-bond acceptors (Lipinski definition) is 1. The van der Waals surface area contributed by atoms with Crippen LogP contribution in [0.2, 0.25) is 0 Å². The molecule has 1 atom stereocenters. The van der Waals surface area contributed by atoms with Crippen LogP contribution in [-0.2, 0) is 11.2 Å². The van der Waals surface area contributed by atoms with Crippen molar-refractivity contribution in [1.29, 1.82) is 0 Å². The maximum atomic E-state index is 13.2. The Hall–Kier alpha value is -0.700. The molecule has 0 aliphatic carbocycles. The minimum Gasteiger partial charge on any atom is -0.300 e. The second-order valence-electron chi connectivity index (χ2n) is 3.93. The second kappa shape index (κ2) is 5.40. The Morgan fingerprint density at radius 3 is 2.80 bits per heavy atom. The summed E-state index contributed by atoms with van der Waals surface area (Å²) in [7, 11) is 0. The fraction of sp³-hybridized carbons (Fsp3) is 0.417. The van der Waals surface area contributed by atoms with Crippen molar-refractivity contribution in [2.45, 2.75) is 26.7 Å². The lowest BCUT2D eigenvalue weighted by Gasteiger charge is -2.11. The van der Waals surface area contributed by atoms with Gasteiger partial charge >= 0.3 is 0 Å². The van der Waals surface area contributed by atoms with Gasteiger partial charge in [-0.2, -0.15) is 0 Å². The summed E-state index contributed by atoms with van der Waals surface area (Å²) in [6.45, 7) is 3.58. The fourth-order valence-corrected chi connectivity index (χ4v) is 2.07. The van der Waals surface area contributed by atoms with Gasteiger partial charge in [-0.3, -0.25) is 0 Å². The molecule has 1 rings (SSSR count). The van der Waals surface area contributed by atoms with Crippen LogP contribution in [0.15, 0.2) is 22.7 Å². The quantitative estimate of drug-likeness (QED) is 0.816. The minimum absolute atomic E-state index is 0.176. The molecular formula is C12H14BrFO. The molecule has 15 heavy (non-hydrogen) atoms. The predicted molar refractivity (Wildman–Crippen MR) is 62.3 cm³/mol. The monoisotopic (exact) mass is 272 g/mol. The highest BCUT2D eigenvalue weighted by Crippen LogP contribution is 2.23. The zero-order valence-corrected chi connectivity index (χ0v) is 10.5. The van der Waals surface area contributed by atoms with Crippen molar-refractivity contribution < 1.29 is 9.18 Å². The first kappa shape index (κ1) is 12.4. The smallest absolute Gasteiger partial charge is 0.137 e. The Labute approximate surface area is 97.8 Å². The van der Waals surface area contributed by atoms with Gasteiger partial charge in [0.2, 0.25) is 0 Å². The molecule has 1 aromatic carbocycles. The highest BCUT2D eigenvalue weighted by molar-refractivity contribution is 9.10. The molecule has 0 aliphatic rings. The van der Waals surface area contributed by atoms with Crippen LogP contribution in [0.4, 0.5) is 4.39 Å². The van der Waals surface area contributed by atoms with Crippen LogP contribution in [0.5, 0.6) is 0 Å². The van der Waals surface area contributed by atoms with Crippen LogP contribution in [0.3, 0.4) is 0 Å². The lowest BCUT2D eigenvalue weighted by molar-refractivity contribution is -0.117. The van der Waals surface area contributed by atoms with Crippen molar-refractivity contribution in [2.75, 3.05) is 0 Å². The second-order valence-corrected chi connectivity index (χ2v) is 4.72. The summed E-state index contributed by atoms with van der Waals surface area (Å²) in [6.07, 6.45) is 1.26. The molecule has 0 aliphatic heterocycles. The zero-order valence-electron chi connectivity index (χ0n) is 8.89. The summed E-state index contributed by atoms with van der Waals surface area (Å²) in [5, 5.41) is 0. The molecule has 0 fully saturated rings. The van der Waals surface area contributed by atoms with E-state index in [1.54, 1.807) is 13.0 Å². The molecule has 82 valence electrons. The van der Waals surface area contributed by atoms with Crippen molar-refractivity contribution in [2.24, 2.45) is 5.92 Å². The maximum absolute atomic E-state index is 13.2. The fourth-order valence-electron chi connectivity index (χ4n) is 1.64. The Balaban J connectivity index is 2.72. The molecule has 0 saturated heterocycles. The number of carbonyl (C=O) groups is 1. The third kappa shape index (κ3) is 3.74. The van der Waals surface area contributed by atoms with E-state index in [-0.39, 0.29) is 17.5 Å². The Morgan fingerprint density at radius 2 is 2.20 bits per heavy atom. The van der Waals surface area contributed by atoms with Gasteiger partial charge in [-0.25, -0.2) is 4.39 Å². The molecule has 1 aromatic rings. The standard InChI is InChI=1S/C12H14BrFO/c1-8(6-9(2)15)7-10-4-3-5-11(14)12(10)13/h3-5,8H,6-7H2,1-2H3. The molecule has 0 amide bonds. The predicted octanol–water partition coefficient (Wildman–Crippen LogP) is 3.75. The Morgan fingerprint density at radius 1 is 1.53 bits per heavy atom. The van der Waals surface area contributed by atoms with E-state index in [1.807, 2.05) is 13.0 Å². The Bertz CT molecular complexity index is 363. The molecule has 1 unspecified atom stereocenters. The average molecular weight is 273 g/mol. The van der Waals surface area contributed by atoms with Crippen LogP contribution in [0.25, 0.3) is 0 Å². The molecule has 3 heteroatoms. The average Bonchev–Trinajstić information content (AvgIpc) is 2.11. The van der Waals surface area contributed by atoms with Gasteiger partial charge in [-0.15, -0.1) is 0 Å². The summed E-state index contributed by atoms with van der Waals surface area (Å²) in [5.41, 5.74) is 0.920. The van der Waals surface area contributed by atoms with Crippen molar-refractivity contribution in [1.82, 2.24) is 0 Å². The van der Waals surface area contributed by atoms with E-state index in [0.29, 0.717) is 10.9 Å². The first-order chi connectivity index (χ1) is 7.00. The van der Waals surface area contributed by atoms with E-state index < -0.39 is 0 Å². The summed E-state index contributed by atoms with van der Waals surface area (Å²) in [5.74, 6) is 0.179. The lowest BCUT2D eigenvalue weighted by Crippen LogP contribution is -2.05. The van der Waals surface area contributed by atoms with E-state index in [4.69, 9.17) is 0 Å². The van der Waals surface area contributed by atoms with Crippen LogP contribution in [-0.4, -0.2) is 5.78 Å². The SMILES string of the molecule is CC(=O)CC(C)Cc1cccc(F)c1Br. The van der Waals surface area contributed by atoms with E-state index in [0.717, 1.165) is 12.0 Å². The molecule has 0 bridgehead atoms. The molecule has 0 heterocycles. The van der Waals surface area contributed by atoms with E-state index in [1.165, 1.54) is 6.07 Å². The number of hydrogen-bond donors (Lipinski definition) is 0. The number of rotatable bonds is 4. The maximum Gasteiger partial charge on any atom is 0.137 e. The number of carbonyl (C=O) groups excluding carboxylic acids is 1. The van der Waals surface area contributed by atoms with E-state index in [9.17, 15) is 9.18 Å². The van der Waals surface area contributed by atoms with Gasteiger partial charge in [0.25, 0.3) is 0 Å². The third-order valence-electron chi connectivity index (χ3n) is 2.24. The van der Waals surface area contributed by atoms with Gasteiger partial charge in [-0.1, -0.05) is 19.1 Å². The van der Waals surface area contributed by atoms with Crippen LogP contribution >= 0.6 is 15.9 Å². The molecule has 0 N–H and O–H groups in total. The number of benzene rings is 1. The first-order valence-electron chi connectivity index (χ1n) is 4.93. The van der Waals surface area contributed by atoms with Crippen LogP contribution in [0.1, 0.15) is 25.8 Å². The van der Waals surface area contributed by atoms with E-state index >= 15 is 0 Å². The minimum atomic E-state index is -0.248. The lowest BCUT2D eigenvalue weighted by atomic mass is 9.96. The van der Waals surface area contributed by atoms with Gasteiger partial charge in [-0.05, 0) is 46.8 Å². The number of Topliss-reactive ketones (excluding diaryl/α,β-unsaturated/α-hetero) is 1. The highest BCUT2D eigenvalue weighted by atomic mass is 79.9. The van der Waals surface area contributed by atoms with Gasteiger partial charge in [0.05, 0.1) is 4.47 Å². The molecule has 0 radical (unpaired) electrons. The number of halogens is 2. The zero-order chi connectivity index (χ0) is 11.4. The summed E-state index contributed by atoms with van der Waals surface area (Å²) in [4.78, 5) is 10.9. The highest BCUT2D eigenvalue weighted by Gasteiger charge is 2.10. The summed E-state index contributed by atoms with van der Waals surface area (Å²) >= 11 is 3.21. The molecule has 0 aromatic heterocycles. The number of ketones is 1. The van der Waals surface area contributed by atoms with Gasteiger partial charge < -0.3 is 4.79 Å². The molecule has 1 nitrogen and oxygen atoms in total. The third-order valence-corrected chi connectivity index (χ3v) is 3.12. The first-order valence-corrected chi connectivity index (χ1v) is 5.72. The van der Waals surface area contributed by atoms with Gasteiger partial charge in [0.1, 0.15) is 11.6 Å². The molecule has 0 spiro atoms. The summed E-state index contributed by atoms with van der Waals surface area (Å²) < 4.78 is 13.7. The topological polar surface area (TPSA) is 17.1 Å².